The summed E-state index contributed by atoms with van der Waals surface area (Å²) in [6.07, 6.45) is 3.95. The highest BCUT2D eigenvalue weighted by Gasteiger charge is 2.27. The summed E-state index contributed by atoms with van der Waals surface area (Å²) in [6.45, 7) is 0.268. The number of benzene rings is 2. The fraction of sp³-hybridized carbons (Fsp3) is 0.227. The molecule has 154 valence electrons. The van der Waals surface area contributed by atoms with Gasteiger partial charge in [-0.25, -0.2) is 0 Å². The molecule has 30 heavy (non-hydrogen) atoms. The number of nitrogens with zero attached hydrogens (tertiary/aromatic N) is 2. The molecule has 2 N–H and O–H groups in total. The summed E-state index contributed by atoms with van der Waals surface area (Å²) in [6, 6.07) is 10.7. The predicted molar refractivity (Wildman–Crippen MR) is 115 cm³/mol. The lowest BCUT2D eigenvalue weighted by Gasteiger charge is -2.25. The minimum Gasteiger partial charge on any atom is -0.492 e. The van der Waals surface area contributed by atoms with Gasteiger partial charge < -0.3 is 15.0 Å². The van der Waals surface area contributed by atoms with Gasteiger partial charge in [0.25, 0.3) is 5.91 Å². The average molecular weight is 425 g/mol. The van der Waals surface area contributed by atoms with Crippen LogP contribution >= 0.6 is 11.6 Å². The van der Waals surface area contributed by atoms with Crippen LogP contribution in [0.5, 0.6) is 5.75 Å². The Labute approximate surface area is 179 Å². The lowest BCUT2D eigenvalue weighted by Crippen LogP contribution is -2.33. The zero-order valence-electron chi connectivity index (χ0n) is 16.6. The van der Waals surface area contributed by atoms with Gasteiger partial charge >= 0.3 is 0 Å². The number of amides is 2. The van der Waals surface area contributed by atoms with Gasteiger partial charge in [-0.05, 0) is 47.9 Å². The Morgan fingerprint density at radius 2 is 2.03 bits per heavy atom. The zero-order chi connectivity index (χ0) is 21.3. The Balaban J connectivity index is 1.59. The lowest BCUT2D eigenvalue weighted by atomic mass is 9.95. The summed E-state index contributed by atoms with van der Waals surface area (Å²) in [5, 5.41) is 10.2. The van der Waals surface area contributed by atoms with Crippen LogP contribution in [0.25, 0.3) is 11.1 Å². The Kier molecular flexibility index (Phi) is 5.46. The number of aromatic nitrogens is 2. The summed E-state index contributed by atoms with van der Waals surface area (Å²) in [4.78, 5) is 27.2. The molecule has 2 heterocycles. The van der Waals surface area contributed by atoms with E-state index < -0.39 is 0 Å². The number of carbonyl (C=O) groups is 2. The molecule has 0 bridgehead atoms. The van der Waals surface area contributed by atoms with Gasteiger partial charge in [-0.2, -0.15) is 5.10 Å². The van der Waals surface area contributed by atoms with E-state index in [1.807, 2.05) is 18.2 Å². The molecule has 2 aromatic carbocycles. The van der Waals surface area contributed by atoms with Crippen molar-refractivity contribution in [3.63, 3.8) is 0 Å². The van der Waals surface area contributed by atoms with E-state index in [1.165, 1.54) is 4.90 Å². The summed E-state index contributed by atoms with van der Waals surface area (Å²) in [5.41, 5.74) is 3.45. The largest absolute Gasteiger partial charge is 0.492 e. The Bertz CT molecular complexity index is 1100. The number of aromatic amines is 1. The Hall–Kier alpha value is -3.32. The third-order valence-electron chi connectivity index (χ3n) is 5.05. The molecule has 0 saturated carbocycles. The topological polar surface area (TPSA) is 87.3 Å². The maximum Gasteiger partial charge on any atom is 0.255 e. The Morgan fingerprint density at radius 1 is 1.20 bits per heavy atom. The molecule has 1 aliphatic heterocycles. The molecule has 2 amide bonds. The number of anilines is 1. The molecular weight excluding hydrogens is 404 g/mol. The van der Waals surface area contributed by atoms with Gasteiger partial charge in [0.15, 0.2) is 0 Å². The molecule has 0 radical (unpaired) electrons. The van der Waals surface area contributed by atoms with Crippen molar-refractivity contribution < 1.29 is 14.3 Å². The number of carbonyl (C=O) groups excluding carboxylic acids is 2. The molecule has 7 nitrogen and oxygen atoms in total. The number of halogens is 1. The minimum absolute atomic E-state index is 0.201. The number of H-pyrrole nitrogens is 1. The van der Waals surface area contributed by atoms with E-state index in [-0.39, 0.29) is 24.3 Å². The van der Waals surface area contributed by atoms with Crippen molar-refractivity contribution >= 4 is 29.1 Å². The zero-order valence-corrected chi connectivity index (χ0v) is 17.4. The van der Waals surface area contributed by atoms with Crippen LogP contribution in [0.1, 0.15) is 15.9 Å². The van der Waals surface area contributed by atoms with E-state index in [9.17, 15) is 9.59 Å². The van der Waals surface area contributed by atoms with Crippen LogP contribution in [0, 0.1) is 5.92 Å². The molecule has 8 heteroatoms. The van der Waals surface area contributed by atoms with Crippen molar-refractivity contribution in [2.75, 3.05) is 26.0 Å². The van der Waals surface area contributed by atoms with Gasteiger partial charge in [0.05, 0.1) is 23.4 Å². The van der Waals surface area contributed by atoms with E-state index in [0.29, 0.717) is 22.7 Å². The first-order chi connectivity index (χ1) is 14.4. The fourth-order valence-corrected chi connectivity index (χ4v) is 3.62. The molecule has 0 spiro atoms. The maximum absolute atomic E-state index is 13.0. The van der Waals surface area contributed by atoms with Crippen LogP contribution in [-0.2, 0) is 11.2 Å². The molecular formula is C22H21ClN4O3. The van der Waals surface area contributed by atoms with E-state index in [4.69, 9.17) is 16.3 Å². The SMILES string of the molecule is CN(C)C(=O)c1cc(-c2cn[nH]c2)ccc1NC(=O)C1COc2ccc(Cl)cc2C1. The number of hydrogen-bond acceptors (Lipinski definition) is 4. The van der Waals surface area contributed by atoms with Crippen molar-refractivity contribution in [2.45, 2.75) is 6.42 Å². The molecule has 1 aliphatic rings. The van der Waals surface area contributed by atoms with E-state index in [1.54, 1.807) is 44.7 Å². The molecule has 0 saturated heterocycles. The quantitative estimate of drug-likeness (QED) is 0.669. The number of ether oxygens (including phenoxy) is 1. The molecule has 0 aliphatic carbocycles. The monoisotopic (exact) mass is 424 g/mol. The lowest BCUT2D eigenvalue weighted by molar-refractivity contribution is -0.121. The summed E-state index contributed by atoms with van der Waals surface area (Å²) >= 11 is 6.07. The third-order valence-corrected chi connectivity index (χ3v) is 5.28. The first kappa shape index (κ1) is 20.0. The van der Waals surface area contributed by atoms with Crippen molar-refractivity contribution in [2.24, 2.45) is 5.92 Å². The van der Waals surface area contributed by atoms with Crippen LogP contribution in [0.2, 0.25) is 5.02 Å². The Morgan fingerprint density at radius 3 is 2.77 bits per heavy atom. The molecule has 1 atom stereocenters. The minimum atomic E-state index is -0.383. The van der Waals surface area contributed by atoms with Crippen LogP contribution < -0.4 is 10.1 Å². The molecule has 1 aromatic heterocycles. The van der Waals surface area contributed by atoms with E-state index >= 15 is 0 Å². The smallest absolute Gasteiger partial charge is 0.255 e. The second-order valence-corrected chi connectivity index (χ2v) is 7.84. The summed E-state index contributed by atoms with van der Waals surface area (Å²) in [5.74, 6) is -0.0413. The second-order valence-electron chi connectivity index (χ2n) is 7.40. The summed E-state index contributed by atoms with van der Waals surface area (Å²) < 4.78 is 5.73. The van der Waals surface area contributed by atoms with Gasteiger partial charge in [-0.15, -0.1) is 0 Å². The fourth-order valence-electron chi connectivity index (χ4n) is 3.43. The highest BCUT2D eigenvalue weighted by Crippen LogP contribution is 2.31. The van der Waals surface area contributed by atoms with Gasteiger partial charge in [-0.3, -0.25) is 14.7 Å². The first-order valence-electron chi connectivity index (χ1n) is 9.49. The van der Waals surface area contributed by atoms with Crippen molar-refractivity contribution in [1.29, 1.82) is 0 Å². The highest BCUT2D eigenvalue weighted by molar-refractivity contribution is 6.30. The standard InChI is InChI=1S/C22H21ClN4O3/c1-27(2)22(29)18-9-13(16-10-24-25-11-16)3-5-19(18)26-21(28)15-7-14-8-17(23)4-6-20(14)30-12-15/h3-6,8-11,15H,7,12H2,1-2H3,(H,24,25)(H,26,28). The molecule has 4 rings (SSSR count). The van der Waals surface area contributed by atoms with Crippen LogP contribution in [-0.4, -0.2) is 47.6 Å². The predicted octanol–water partition coefficient (Wildman–Crippen LogP) is 3.62. The molecule has 1 unspecified atom stereocenters. The number of hydrogen-bond donors (Lipinski definition) is 2. The van der Waals surface area contributed by atoms with Gasteiger partial charge in [-0.1, -0.05) is 17.7 Å². The van der Waals surface area contributed by atoms with Crippen molar-refractivity contribution in [3.05, 3.63) is 64.9 Å². The van der Waals surface area contributed by atoms with Gasteiger partial charge in [0.1, 0.15) is 12.4 Å². The summed E-state index contributed by atoms with van der Waals surface area (Å²) in [7, 11) is 3.35. The molecule has 0 fully saturated rings. The first-order valence-corrected chi connectivity index (χ1v) is 9.87. The van der Waals surface area contributed by atoms with E-state index in [2.05, 4.69) is 15.5 Å². The number of nitrogens with one attached hydrogen (secondary N) is 2. The number of fused-ring (bicyclic) bond motifs is 1. The highest BCUT2D eigenvalue weighted by atomic mass is 35.5. The molecule has 3 aromatic rings. The van der Waals surface area contributed by atoms with Crippen molar-refractivity contribution in [3.8, 4) is 16.9 Å². The van der Waals surface area contributed by atoms with Gasteiger partial charge in [0.2, 0.25) is 5.91 Å². The number of rotatable bonds is 4. The van der Waals surface area contributed by atoms with Crippen LogP contribution in [0.4, 0.5) is 5.69 Å². The second kappa shape index (κ2) is 8.20. The third kappa shape index (κ3) is 4.02. The van der Waals surface area contributed by atoms with Crippen LogP contribution in [0.15, 0.2) is 48.8 Å². The average Bonchev–Trinajstić information content (AvgIpc) is 3.27. The van der Waals surface area contributed by atoms with Gasteiger partial charge in [0, 0.05) is 30.9 Å². The van der Waals surface area contributed by atoms with Crippen LogP contribution in [0.3, 0.4) is 0 Å². The van der Waals surface area contributed by atoms with Crippen molar-refractivity contribution in [1.82, 2.24) is 15.1 Å². The maximum atomic E-state index is 13.0. The van der Waals surface area contributed by atoms with E-state index in [0.717, 1.165) is 22.4 Å². The normalized spacial score (nSPS) is 15.1.